The zero-order chi connectivity index (χ0) is 16.1. The summed E-state index contributed by atoms with van der Waals surface area (Å²) in [7, 11) is 1.61. The molecule has 22 heavy (non-hydrogen) atoms. The Balaban J connectivity index is 2.11. The van der Waals surface area contributed by atoms with E-state index in [-0.39, 0.29) is 5.91 Å². The lowest BCUT2D eigenvalue weighted by Crippen LogP contribution is -2.26. The van der Waals surface area contributed by atoms with Gasteiger partial charge < -0.3 is 10.1 Å². The van der Waals surface area contributed by atoms with E-state index in [0.29, 0.717) is 18.7 Å². The van der Waals surface area contributed by atoms with E-state index in [1.807, 2.05) is 31.2 Å². The summed E-state index contributed by atoms with van der Waals surface area (Å²) in [6.07, 6.45) is -0.636. The Morgan fingerprint density at radius 3 is 2.68 bits per heavy atom. The van der Waals surface area contributed by atoms with Crippen LogP contribution in [0.15, 0.2) is 30.3 Å². The lowest BCUT2D eigenvalue weighted by atomic mass is 10.3. The van der Waals surface area contributed by atoms with E-state index in [9.17, 15) is 9.18 Å². The molecule has 1 heterocycles. The highest BCUT2D eigenvalue weighted by Gasteiger charge is 2.13. The van der Waals surface area contributed by atoms with Gasteiger partial charge in [0.2, 0.25) is 0 Å². The summed E-state index contributed by atoms with van der Waals surface area (Å²) in [5, 5.41) is 6.97. The van der Waals surface area contributed by atoms with Crippen molar-refractivity contribution in [3.8, 4) is 11.4 Å². The van der Waals surface area contributed by atoms with Crippen molar-refractivity contribution in [2.75, 3.05) is 13.7 Å². The third-order valence-corrected chi connectivity index (χ3v) is 3.26. The van der Waals surface area contributed by atoms with Crippen molar-refractivity contribution in [3.05, 3.63) is 41.7 Å². The number of carbonyl (C=O) groups excluding carboxylic acids is 1. The maximum absolute atomic E-state index is 12.7. The van der Waals surface area contributed by atoms with E-state index in [1.54, 1.807) is 17.9 Å². The first kappa shape index (κ1) is 16.0. The fourth-order valence-electron chi connectivity index (χ4n) is 2.05. The number of methoxy groups -OCH3 is 1. The molecule has 0 saturated heterocycles. The number of nitrogens with zero attached hydrogens (tertiary/aromatic N) is 2. The number of hydrogen-bond donors (Lipinski definition) is 1. The maximum atomic E-state index is 12.7. The molecule has 1 aromatic heterocycles. The molecule has 0 aliphatic rings. The molecule has 5 nitrogen and oxygen atoms in total. The van der Waals surface area contributed by atoms with Crippen LogP contribution >= 0.6 is 0 Å². The molecule has 0 bridgehead atoms. The first-order valence-corrected chi connectivity index (χ1v) is 7.14. The minimum absolute atomic E-state index is 0.295. The average Bonchev–Trinajstić information content (AvgIpc) is 2.89. The Hall–Kier alpha value is -2.37. The molecule has 0 aliphatic carbocycles. The van der Waals surface area contributed by atoms with Crippen LogP contribution in [-0.2, 0) is 0 Å². The number of ether oxygens (including phenoxy) is 1. The number of aromatic nitrogens is 2. The lowest BCUT2D eigenvalue weighted by molar-refractivity contribution is 0.0945. The third-order valence-electron chi connectivity index (χ3n) is 3.26. The Kier molecular flexibility index (Phi) is 5.14. The number of aryl methyl sites for hydroxylation is 1. The third kappa shape index (κ3) is 3.84. The molecule has 118 valence electrons. The fraction of sp³-hybridized carbons (Fsp3) is 0.375. The van der Waals surface area contributed by atoms with Crippen molar-refractivity contribution >= 4 is 5.91 Å². The Morgan fingerprint density at radius 1 is 1.41 bits per heavy atom. The molecular weight excluding hydrogens is 285 g/mol. The largest absolute Gasteiger partial charge is 0.497 e. The average molecular weight is 305 g/mol. The van der Waals surface area contributed by atoms with Gasteiger partial charge in [0, 0.05) is 12.2 Å². The van der Waals surface area contributed by atoms with Gasteiger partial charge in [-0.05, 0) is 50.6 Å². The predicted octanol–water partition coefficient (Wildman–Crippen LogP) is 2.67. The second-order valence-corrected chi connectivity index (χ2v) is 5.11. The van der Waals surface area contributed by atoms with Gasteiger partial charge in [0.05, 0.1) is 19.0 Å². The van der Waals surface area contributed by atoms with E-state index in [0.717, 1.165) is 17.1 Å². The number of hydrogen-bond acceptors (Lipinski definition) is 3. The van der Waals surface area contributed by atoms with Crippen LogP contribution in [0.3, 0.4) is 0 Å². The van der Waals surface area contributed by atoms with Gasteiger partial charge in [0.15, 0.2) is 5.69 Å². The highest BCUT2D eigenvalue weighted by Crippen LogP contribution is 2.16. The first-order chi connectivity index (χ1) is 10.5. The van der Waals surface area contributed by atoms with E-state index >= 15 is 0 Å². The maximum Gasteiger partial charge on any atom is 0.271 e. The molecule has 6 heteroatoms. The zero-order valence-corrected chi connectivity index (χ0v) is 13.0. The smallest absolute Gasteiger partial charge is 0.271 e. The molecule has 1 amide bonds. The summed E-state index contributed by atoms with van der Waals surface area (Å²) >= 11 is 0. The van der Waals surface area contributed by atoms with E-state index in [2.05, 4.69) is 10.4 Å². The van der Waals surface area contributed by atoms with Crippen molar-refractivity contribution in [1.82, 2.24) is 15.1 Å². The van der Waals surface area contributed by atoms with E-state index in [1.165, 1.54) is 6.92 Å². The monoisotopic (exact) mass is 305 g/mol. The number of alkyl halides is 1. The number of amides is 1. The van der Waals surface area contributed by atoms with Crippen molar-refractivity contribution in [1.29, 1.82) is 0 Å². The zero-order valence-electron chi connectivity index (χ0n) is 13.0. The standard InChI is InChI=1S/C16H20FN3O2/c1-11(17)8-9-18-16(21)15-10-12(2)20(19-15)13-4-6-14(22-3)7-5-13/h4-7,10-11H,8-9H2,1-3H3,(H,18,21). The van der Waals surface area contributed by atoms with Gasteiger partial charge in [-0.25, -0.2) is 9.07 Å². The van der Waals surface area contributed by atoms with Crippen LogP contribution < -0.4 is 10.1 Å². The van der Waals surface area contributed by atoms with Crippen molar-refractivity contribution in [3.63, 3.8) is 0 Å². The van der Waals surface area contributed by atoms with Gasteiger partial charge in [-0.15, -0.1) is 0 Å². The van der Waals surface area contributed by atoms with E-state index in [4.69, 9.17) is 4.74 Å². The highest BCUT2D eigenvalue weighted by atomic mass is 19.1. The molecule has 0 fully saturated rings. The quantitative estimate of drug-likeness (QED) is 0.892. The van der Waals surface area contributed by atoms with Crippen LogP contribution in [0.25, 0.3) is 5.69 Å². The predicted molar refractivity (Wildman–Crippen MR) is 82.4 cm³/mol. The minimum Gasteiger partial charge on any atom is -0.497 e. The minimum atomic E-state index is -0.932. The number of carbonyl (C=O) groups is 1. The van der Waals surface area contributed by atoms with Crippen LogP contribution in [0.4, 0.5) is 4.39 Å². The number of benzene rings is 1. The van der Waals surface area contributed by atoms with Crippen LogP contribution in [0.5, 0.6) is 5.75 Å². The molecule has 1 N–H and O–H groups in total. The number of halogens is 1. The number of rotatable bonds is 6. The van der Waals surface area contributed by atoms with Crippen LogP contribution in [0.1, 0.15) is 29.5 Å². The Labute approximate surface area is 129 Å². The van der Waals surface area contributed by atoms with Crippen molar-refractivity contribution in [2.24, 2.45) is 0 Å². The molecule has 2 aromatic rings. The topological polar surface area (TPSA) is 56.2 Å². The van der Waals surface area contributed by atoms with Gasteiger partial charge in [-0.1, -0.05) is 0 Å². The molecular formula is C16H20FN3O2. The molecule has 1 atom stereocenters. The van der Waals surface area contributed by atoms with Gasteiger partial charge in [0.1, 0.15) is 5.75 Å². The van der Waals surface area contributed by atoms with Gasteiger partial charge in [-0.2, -0.15) is 5.10 Å². The molecule has 0 aliphatic heterocycles. The van der Waals surface area contributed by atoms with Crippen molar-refractivity contribution < 1.29 is 13.9 Å². The molecule has 2 rings (SSSR count). The normalized spacial score (nSPS) is 12.0. The summed E-state index contributed by atoms with van der Waals surface area (Å²) in [5.41, 5.74) is 2.00. The summed E-state index contributed by atoms with van der Waals surface area (Å²) < 4.78 is 19.5. The summed E-state index contributed by atoms with van der Waals surface area (Å²) in [6, 6.07) is 9.10. The van der Waals surface area contributed by atoms with Gasteiger partial charge >= 0.3 is 0 Å². The summed E-state index contributed by atoms with van der Waals surface area (Å²) in [6.45, 7) is 3.64. The SMILES string of the molecule is COc1ccc(-n2nc(C(=O)NCCC(C)F)cc2C)cc1. The molecule has 1 unspecified atom stereocenters. The highest BCUT2D eigenvalue weighted by molar-refractivity contribution is 5.92. The Morgan fingerprint density at radius 2 is 2.09 bits per heavy atom. The van der Waals surface area contributed by atoms with Crippen LogP contribution in [0.2, 0.25) is 0 Å². The molecule has 1 aromatic carbocycles. The second kappa shape index (κ2) is 7.06. The summed E-state index contributed by atoms with van der Waals surface area (Å²) in [5.74, 6) is 0.461. The molecule has 0 spiro atoms. The molecule has 0 saturated carbocycles. The van der Waals surface area contributed by atoms with Gasteiger partial charge in [0.25, 0.3) is 5.91 Å². The molecule has 0 radical (unpaired) electrons. The first-order valence-electron chi connectivity index (χ1n) is 7.14. The second-order valence-electron chi connectivity index (χ2n) is 5.11. The fourth-order valence-corrected chi connectivity index (χ4v) is 2.05. The van der Waals surface area contributed by atoms with Gasteiger partial charge in [-0.3, -0.25) is 4.79 Å². The summed E-state index contributed by atoms with van der Waals surface area (Å²) in [4.78, 5) is 12.0. The van der Waals surface area contributed by atoms with Crippen molar-refractivity contribution in [2.45, 2.75) is 26.4 Å². The Bertz CT molecular complexity index is 635. The van der Waals surface area contributed by atoms with E-state index < -0.39 is 6.17 Å². The number of nitrogens with one attached hydrogen (secondary N) is 1. The van der Waals surface area contributed by atoms with Crippen LogP contribution in [0, 0.1) is 6.92 Å². The lowest BCUT2D eigenvalue weighted by Gasteiger charge is -2.06. The van der Waals surface area contributed by atoms with Crippen LogP contribution in [-0.4, -0.2) is 35.5 Å².